The van der Waals surface area contributed by atoms with E-state index in [0.717, 1.165) is 0 Å². The van der Waals surface area contributed by atoms with Crippen LogP contribution in [0.25, 0.3) is 0 Å². The topological polar surface area (TPSA) is 127 Å². The van der Waals surface area contributed by atoms with Crippen molar-refractivity contribution in [3.8, 4) is 0 Å². The Bertz CT molecular complexity index is 216. The first-order chi connectivity index (χ1) is 8.76. The predicted octanol–water partition coefficient (Wildman–Crippen LogP) is -5.05. The Morgan fingerprint density at radius 3 is 1.82 bits per heavy atom. The number of hydrogen-bond donors (Lipinski definition) is 0. The molecule has 2 bridgehead atoms. The molecule has 17 heavy (non-hydrogen) atoms. The van der Waals surface area contributed by atoms with E-state index in [1.807, 2.05) is 0 Å². The first-order valence-corrected chi connectivity index (χ1v) is 7.45. The van der Waals surface area contributed by atoms with Gasteiger partial charge in [0.1, 0.15) is 0 Å². The van der Waals surface area contributed by atoms with Crippen LogP contribution in [0.1, 0.15) is 0 Å². The largest absolute Gasteiger partial charge is 0.412 e. The minimum absolute atomic E-state index is 1.17. The lowest BCUT2D eigenvalue weighted by molar-refractivity contribution is -2.00. The quantitative estimate of drug-likeness (QED) is 0.367. The highest BCUT2D eigenvalue weighted by Crippen LogP contribution is 2.19. The Hall–Kier alpha value is 0.490. The first kappa shape index (κ1) is 13.9. The maximum Gasteiger partial charge on any atom is 0.206 e. The van der Waals surface area contributed by atoms with Crippen molar-refractivity contribution >= 4 is 15.9 Å². The average Bonchev–Trinajstić information content (AvgIpc) is 2.30. The number of quaternary nitrogens is 1. The molecule has 0 aliphatic carbocycles. The van der Waals surface area contributed by atoms with E-state index in [1.165, 1.54) is 55.6 Å². The van der Waals surface area contributed by atoms with Crippen molar-refractivity contribution in [1.29, 1.82) is 2.86 Å². The lowest BCUT2D eigenvalue weighted by Gasteiger charge is -2.50. The summed E-state index contributed by atoms with van der Waals surface area (Å²) in [6.45, 7) is 9.55. The van der Waals surface area contributed by atoms with Crippen LogP contribution in [-0.2, 0) is 0 Å². The zero-order valence-corrected chi connectivity index (χ0v) is 11.7. The van der Waals surface area contributed by atoms with Crippen LogP contribution in [0.5, 0.6) is 0 Å². The minimum atomic E-state index is -4.94. The molecule has 0 radical (unpaired) electrons. The molecule has 0 saturated carbocycles. The second-order valence-electron chi connectivity index (χ2n) is 4.14. The molecule has 3 saturated heterocycles. The van der Waals surface area contributed by atoms with Gasteiger partial charge in [-0.3, -0.25) is 4.90 Å². The van der Waals surface area contributed by atoms with Crippen molar-refractivity contribution in [2.45, 2.75) is 0 Å². The summed E-state index contributed by atoms with van der Waals surface area (Å²) >= 11 is 3.55. The smallest absolute Gasteiger partial charge is 0.206 e. The third-order valence-corrected chi connectivity index (χ3v) is 3.59. The van der Waals surface area contributed by atoms with E-state index in [-0.39, 0.29) is 0 Å². The number of piperazine rings is 3. The summed E-state index contributed by atoms with van der Waals surface area (Å²) in [5.41, 5.74) is 2.75. The first-order valence-electron chi connectivity index (χ1n) is 5.91. The van der Waals surface area contributed by atoms with Gasteiger partial charge in [0, 0.05) is 19.6 Å². The van der Waals surface area contributed by atoms with E-state index in [1.54, 1.807) is 0 Å². The van der Waals surface area contributed by atoms with Crippen molar-refractivity contribution in [3.05, 3.63) is 0 Å². The lowest BCUT2D eigenvalue weighted by Crippen LogP contribution is -2.68. The van der Waals surface area contributed by atoms with Gasteiger partial charge >= 0.3 is 0 Å². The van der Waals surface area contributed by atoms with Gasteiger partial charge in [-0.25, -0.2) is 18.6 Å². The van der Waals surface area contributed by atoms with Crippen LogP contribution in [0.15, 0.2) is 0 Å². The van der Waals surface area contributed by atoms with Crippen LogP contribution in [0.3, 0.4) is 0 Å². The summed E-state index contributed by atoms with van der Waals surface area (Å²) in [5.74, 6) is 0. The van der Waals surface area contributed by atoms with E-state index in [0.29, 0.717) is 0 Å². The summed E-state index contributed by atoms with van der Waals surface area (Å²) in [4.78, 5) is 2.59. The van der Waals surface area contributed by atoms with Crippen molar-refractivity contribution in [2.24, 2.45) is 0 Å². The van der Waals surface area contributed by atoms with Crippen molar-refractivity contribution in [2.75, 3.05) is 51.1 Å². The Kier molecular flexibility index (Phi) is 5.87. The molecule has 7 nitrogen and oxygen atoms in total. The highest BCUT2D eigenvalue weighted by molar-refractivity contribution is 9.09. The fourth-order valence-corrected chi connectivity index (χ4v) is 3.00. The van der Waals surface area contributed by atoms with Crippen LogP contribution in [-0.4, -0.2) is 68.9 Å². The normalized spacial score (nSPS) is 32.4. The van der Waals surface area contributed by atoms with Crippen LogP contribution in [0.4, 0.5) is 0 Å². The molecular weight excluding hydrogens is 319 g/mol. The molecule has 0 atom stereocenters. The van der Waals surface area contributed by atoms with Gasteiger partial charge in [0.05, 0.1) is 31.5 Å². The van der Waals surface area contributed by atoms with Gasteiger partial charge < -0.3 is 9.96 Å². The highest BCUT2D eigenvalue weighted by atomic mass is 79.9. The monoisotopic (exact) mass is 338 g/mol. The fourth-order valence-electron chi connectivity index (χ4n) is 2.25. The van der Waals surface area contributed by atoms with Gasteiger partial charge in [-0.05, 0) is 0 Å². The van der Waals surface area contributed by atoms with Crippen LogP contribution in [0.2, 0.25) is 0 Å². The number of halogens is 2. The molecule has 3 aliphatic rings. The lowest BCUT2D eigenvalue weighted by atomic mass is 10.1. The summed E-state index contributed by atoms with van der Waals surface area (Å²) in [5, 5.41) is 1.17. The molecule has 9 heteroatoms. The van der Waals surface area contributed by atoms with Crippen LogP contribution in [0, 0.1) is 10.2 Å². The van der Waals surface area contributed by atoms with Gasteiger partial charge in [0.25, 0.3) is 0 Å². The Morgan fingerprint density at radius 1 is 1.18 bits per heavy atom. The molecule has 0 aromatic carbocycles. The number of nitrogens with zero attached hydrogens (tertiary/aromatic N) is 2. The molecule has 0 aromatic heterocycles. The summed E-state index contributed by atoms with van der Waals surface area (Å²) < 4.78 is 46.1. The number of rotatable bonds is 2. The maximum absolute atomic E-state index is 8.49. The molecular formula is C8H18BrClN2O5. The molecule has 0 aromatic rings. The van der Waals surface area contributed by atoms with E-state index < -0.39 is 10.2 Å². The van der Waals surface area contributed by atoms with Gasteiger partial charge in [-0.15, -0.1) is 10.2 Å². The van der Waals surface area contributed by atoms with E-state index in [4.69, 9.17) is 21.5 Å². The summed E-state index contributed by atoms with van der Waals surface area (Å²) in [6.07, 6.45) is 0. The second kappa shape index (κ2) is 7.17. The number of fused-ring (bicyclic) bond motifs is 3. The van der Waals surface area contributed by atoms with Crippen molar-refractivity contribution in [1.82, 2.24) is 4.90 Å². The Morgan fingerprint density at radius 2 is 1.53 bits per heavy atom. The predicted molar refractivity (Wildman–Crippen MR) is 53.6 cm³/mol. The molecule has 0 unspecified atom stereocenters. The highest BCUT2D eigenvalue weighted by Gasteiger charge is 2.37. The Labute approximate surface area is 114 Å². The van der Waals surface area contributed by atoms with E-state index >= 15 is 0 Å². The standard InChI is InChI=1S/C8H16BrN2.ClHO4.H2O/c9-1-5-11-6-2-10(3-7-11)4-8-11;2-1(3,4)5;/h1-8H2;(H,2,3,4,5);1H2/q+1;;/p-1/i/hD2. The minimum Gasteiger partial charge on any atom is -0.412 e. The fraction of sp³-hybridized carbons (Fsp3) is 1.00. The molecule has 2 N–H and O–H groups in total. The molecule has 3 fully saturated rings. The molecule has 0 spiro atoms. The Balaban J connectivity index is 0.000000344. The molecule has 3 heterocycles. The summed E-state index contributed by atoms with van der Waals surface area (Å²) in [6, 6.07) is 0. The average molecular weight is 340 g/mol. The van der Waals surface area contributed by atoms with Crippen LogP contribution < -0.4 is 18.6 Å². The zero-order chi connectivity index (χ0) is 14.9. The summed E-state index contributed by atoms with van der Waals surface area (Å²) in [7, 11) is -4.94. The van der Waals surface area contributed by atoms with Crippen molar-refractivity contribution < 1.29 is 38.8 Å². The zero-order valence-electron chi connectivity index (χ0n) is 11.3. The van der Waals surface area contributed by atoms with E-state index in [2.05, 4.69) is 26.3 Å². The number of alkyl halides is 1. The van der Waals surface area contributed by atoms with Crippen LogP contribution >= 0.6 is 15.9 Å². The molecule has 3 rings (SSSR count). The molecule has 0 amide bonds. The third kappa shape index (κ3) is 6.85. The SMILES string of the molecule is BrCC[N+]12CCN(CC1)CC2.[2H]O[2H].[O-][Cl+3]([O-])([O-])[O-]. The maximum atomic E-state index is 8.49. The third-order valence-electron chi connectivity index (χ3n) is 3.23. The second-order valence-corrected chi connectivity index (χ2v) is 5.69. The van der Waals surface area contributed by atoms with E-state index in [9.17, 15) is 0 Å². The van der Waals surface area contributed by atoms with Gasteiger partial charge in [-0.1, -0.05) is 15.9 Å². The molecule has 3 aliphatic heterocycles. The number of hydrogen-bond acceptors (Lipinski definition) is 5. The van der Waals surface area contributed by atoms with Crippen molar-refractivity contribution in [3.63, 3.8) is 0 Å². The van der Waals surface area contributed by atoms with Gasteiger partial charge in [0.2, 0.25) is 2.86 Å². The molecule has 104 valence electrons. The van der Waals surface area contributed by atoms with Gasteiger partial charge in [0.15, 0.2) is 0 Å². The van der Waals surface area contributed by atoms with Gasteiger partial charge in [-0.2, -0.15) is 0 Å².